The van der Waals surface area contributed by atoms with E-state index in [0.717, 1.165) is 6.08 Å². The van der Waals surface area contributed by atoms with Crippen LogP contribution in [0, 0.1) is 0 Å². The highest BCUT2D eigenvalue weighted by atomic mass is 16.6. The molecule has 0 aromatic rings. The lowest BCUT2D eigenvalue weighted by atomic mass is 9.93. The van der Waals surface area contributed by atoms with Crippen molar-refractivity contribution >= 4 is 17.7 Å². The van der Waals surface area contributed by atoms with Gasteiger partial charge in [0.25, 0.3) is 5.60 Å². The van der Waals surface area contributed by atoms with Crippen LogP contribution in [-0.4, -0.2) is 28.4 Å². The lowest BCUT2D eigenvalue weighted by Gasteiger charge is -2.25. The Kier molecular flexibility index (Phi) is 4.70. The minimum atomic E-state index is -2.07. The molecular formula is C10H14O5. The Morgan fingerprint density at radius 2 is 1.93 bits per heavy atom. The lowest BCUT2D eigenvalue weighted by molar-refractivity contribution is -0.180. The highest BCUT2D eigenvalue weighted by molar-refractivity contribution is 6.08. The van der Waals surface area contributed by atoms with Crippen molar-refractivity contribution in [2.75, 3.05) is 0 Å². The van der Waals surface area contributed by atoms with Gasteiger partial charge < -0.3 is 9.84 Å². The fourth-order valence-corrected chi connectivity index (χ4v) is 1.14. The molecule has 0 aliphatic heterocycles. The van der Waals surface area contributed by atoms with E-state index in [1.807, 2.05) is 0 Å². The predicted octanol–water partition coefficient (Wildman–Crippen LogP) is 0.928. The minimum Gasteiger partial charge on any atom is -0.478 e. The van der Waals surface area contributed by atoms with Crippen molar-refractivity contribution in [3.63, 3.8) is 0 Å². The highest BCUT2D eigenvalue weighted by Crippen LogP contribution is 2.20. The Hall–Kier alpha value is -1.65. The van der Waals surface area contributed by atoms with Gasteiger partial charge in [-0.3, -0.25) is 4.79 Å². The Morgan fingerprint density at radius 1 is 1.40 bits per heavy atom. The molecule has 0 amide bonds. The van der Waals surface area contributed by atoms with Crippen molar-refractivity contribution in [2.45, 2.75) is 32.3 Å². The number of carboxylic acid groups (broad SMARTS) is 1. The molecule has 0 aliphatic carbocycles. The molecule has 0 heterocycles. The van der Waals surface area contributed by atoms with Crippen LogP contribution in [0.3, 0.4) is 0 Å². The van der Waals surface area contributed by atoms with Gasteiger partial charge in [0.2, 0.25) is 0 Å². The molecule has 0 radical (unpaired) electrons. The van der Waals surface area contributed by atoms with Gasteiger partial charge in [-0.1, -0.05) is 20.4 Å². The van der Waals surface area contributed by atoms with E-state index in [9.17, 15) is 14.4 Å². The van der Waals surface area contributed by atoms with Crippen LogP contribution in [0.2, 0.25) is 0 Å². The molecule has 1 unspecified atom stereocenters. The highest BCUT2D eigenvalue weighted by Gasteiger charge is 2.46. The number of Topliss-reactive ketones (excluding diaryl/α,β-unsaturated/α-hetero) is 1. The van der Waals surface area contributed by atoms with Gasteiger partial charge in [-0.05, 0) is 0 Å². The lowest BCUT2D eigenvalue weighted by Crippen LogP contribution is -2.49. The summed E-state index contributed by atoms with van der Waals surface area (Å²) >= 11 is 0. The minimum absolute atomic E-state index is 0.00936. The van der Waals surface area contributed by atoms with Crippen LogP contribution in [0.4, 0.5) is 0 Å². The number of carbonyl (C=O) groups is 3. The van der Waals surface area contributed by atoms with Gasteiger partial charge in [-0.2, -0.15) is 0 Å². The molecule has 0 saturated carbocycles. The summed E-state index contributed by atoms with van der Waals surface area (Å²) < 4.78 is 4.64. The SMILES string of the molecule is C=CC(=O)OC(CC)(C(=O)O)C(=O)CC. The van der Waals surface area contributed by atoms with Crippen LogP contribution in [0.5, 0.6) is 0 Å². The number of esters is 1. The third-order valence-electron chi connectivity index (χ3n) is 2.06. The number of ketones is 1. The molecule has 5 nitrogen and oxygen atoms in total. The molecule has 15 heavy (non-hydrogen) atoms. The molecule has 0 bridgehead atoms. The van der Waals surface area contributed by atoms with Crippen molar-refractivity contribution in [3.05, 3.63) is 12.7 Å². The summed E-state index contributed by atoms with van der Waals surface area (Å²) in [4.78, 5) is 33.4. The predicted molar refractivity (Wildman–Crippen MR) is 52.2 cm³/mol. The van der Waals surface area contributed by atoms with Gasteiger partial charge in [0, 0.05) is 18.9 Å². The van der Waals surface area contributed by atoms with Crippen molar-refractivity contribution < 1.29 is 24.2 Å². The number of hydrogen-bond acceptors (Lipinski definition) is 4. The average molecular weight is 214 g/mol. The first-order chi connectivity index (χ1) is 6.94. The van der Waals surface area contributed by atoms with E-state index >= 15 is 0 Å². The van der Waals surface area contributed by atoms with Crippen molar-refractivity contribution in [2.24, 2.45) is 0 Å². The third-order valence-corrected chi connectivity index (χ3v) is 2.06. The van der Waals surface area contributed by atoms with E-state index in [1.54, 1.807) is 0 Å². The largest absolute Gasteiger partial charge is 0.478 e. The van der Waals surface area contributed by atoms with Gasteiger partial charge >= 0.3 is 11.9 Å². The molecule has 1 atom stereocenters. The van der Waals surface area contributed by atoms with Crippen LogP contribution in [-0.2, 0) is 19.1 Å². The van der Waals surface area contributed by atoms with Crippen molar-refractivity contribution in [1.82, 2.24) is 0 Å². The summed E-state index contributed by atoms with van der Waals surface area (Å²) in [5.74, 6) is -3.00. The molecule has 0 rings (SSSR count). The second kappa shape index (κ2) is 5.29. The zero-order chi connectivity index (χ0) is 12.1. The number of rotatable bonds is 6. The number of carbonyl (C=O) groups excluding carboxylic acids is 2. The molecule has 0 saturated heterocycles. The van der Waals surface area contributed by atoms with Crippen LogP contribution in [0.25, 0.3) is 0 Å². The quantitative estimate of drug-likeness (QED) is 0.404. The first-order valence-electron chi connectivity index (χ1n) is 4.56. The van der Waals surface area contributed by atoms with Gasteiger partial charge in [0.05, 0.1) is 0 Å². The maximum Gasteiger partial charge on any atom is 0.356 e. The Labute approximate surface area is 87.7 Å². The Morgan fingerprint density at radius 3 is 2.20 bits per heavy atom. The number of carboxylic acids is 1. The molecule has 1 N–H and O–H groups in total. The summed E-state index contributed by atoms with van der Waals surface area (Å²) in [6.07, 6.45) is 0.718. The van der Waals surface area contributed by atoms with Crippen LogP contribution in [0.15, 0.2) is 12.7 Å². The second-order valence-corrected chi connectivity index (χ2v) is 2.89. The molecule has 0 aliphatic rings. The summed E-state index contributed by atoms with van der Waals surface area (Å²) in [5, 5.41) is 8.94. The summed E-state index contributed by atoms with van der Waals surface area (Å²) in [6.45, 7) is 6.13. The third kappa shape index (κ3) is 2.65. The van der Waals surface area contributed by atoms with Crippen molar-refractivity contribution in [3.8, 4) is 0 Å². The molecule has 0 aromatic heterocycles. The first-order valence-corrected chi connectivity index (χ1v) is 4.56. The zero-order valence-corrected chi connectivity index (χ0v) is 8.78. The topological polar surface area (TPSA) is 80.7 Å². The van der Waals surface area contributed by atoms with E-state index in [4.69, 9.17) is 5.11 Å². The van der Waals surface area contributed by atoms with E-state index in [-0.39, 0.29) is 12.8 Å². The van der Waals surface area contributed by atoms with Crippen LogP contribution in [0.1, 0.15) is 26.7 Å². The Bertz CT molecular complexity index is 294. The van der Waals surface area contributed by atoms with Gasteiger partial charge in [-0.25, -0.2) is 9.59 Å². The molecule has 0 spiro atoms. The fourth-order valence-electron chi connectivity index (χ4n) is 1.14. The van der Waals surface area contributed by atoms with E-state index in [1.165, 1.54) is 13.8 Å². The number of ether oxygens (including phenoxy) is 1. The standard InChI is InChI=1S/C10H14O5/c1-4-7(11)10(6-3,9(13)14)15-8(12)5-2/h5H,2,4,6H2,1,3H3,(H,13,14). The van der Waals surface area contributed by atoms with E-state index in [2.05, 4.69) is 11.3 Å². The fraction of sp³-hybridized carbons (Fsp3) is 0.500. The van der Waals surface area contributed by atoms with Crippen molar-refractivity contribution in [1.29, 1.82) is 0 Å². The number of hydrogen-bond donors (Lipinski definition) is 1. The maximum atomic E-state index is 11.5. The molecule has 0 fully saturated rings. The summed E-state index contributed by atoms with van der Waals surface area (Å²) in [7, 11) is 0. The van der Waals surface area contributed by atoms with E-state index in [0.29, 0.717) is 0 Å². The summed E-state index contributed by atoms with van der Waals surface area (Å²) in [5.41, 5.74) is -2.07. The maximum absolute atomic E-state index is 11.5. The summed E-state index contributed by atoms with van der Waals surface area (Å²) in [6, 6.07) is 0. The van der Waals surface area contributed by atoms with Crippen LogP contribution >= 0.6 is 0 Å². The molecule has 5 heteroatoms. The molecule has 0 aromatic carbocycles. The average Bonchev–Trinajstić information content (AvgIpc) is 2.23. The van der Waals surface area contributed by atoms with E-state index < -0.39 is 23.3 Å². The second-order valence-electron chi connectivity index (χ2n) is 2.89. The van der Waals surface area contributed by atoms with Gasteiger partial charge in [0.1, 0.15) is 0 Å². The number of aliphatic carboxylic acids is 1. The Balaban J connectivity index is 5.15. The zero-order valence-electron chi connectivity index (χ0n) is 8.78. The normalized spacial score (nSPS) is 13.7. The first kappa shape index (κ1) is 13.4. The van der Waals surface area contributed by atoms with Gasteiger partial charge in [0.15, 0.2) is 5.78 Å². The van der Waals surface area contributed by atoms with Crippen LogP contribution < -0.4 is 0 Å². The monoisotopic (exact) mass is 214 g/mol. The molecular weight excluding hydrogens is 200 g/mol. The van der Waals surface area contributed by atoms with Gasteiger partial charge in [-0.15, -0.1) is 0 Å². The smallest absolute Gasteiger partial charge is 0.356 e. The molecule has 84 valence electrons.